The molecule has 0 saturated carbocycles. The number of pyridine rings is 1. The Kier molecular flexibility index (Phi) is 6.08. The van der Waals surface area contributed by atoms with Crippen LogP contribution in [-0.2, 0) is 4.74 Å². The minimum Gasteiger partial charge on any atom is -0.474 e. The van der Waals surface area contributed by atoms with Crippen molar-refractivity contribution < 1.29 is 19.1 Å². The summed E-state index contributed by atoms with van der Waals surface area (Å²) < 4.78 is 11.3. The lowest BCUT2D eigenvalue weighted by Gasteiger charge is -2.51. The average Bonchev–Trinajstić information content (AvgIpc) is 2.47. The standard InChI is InChI=1S/C18H24Cl2N2O4/c1-11(25-15-12(10-23)8-13(19)14(20)21-15)9-18(5)6-7-22(18)16(24)26-17(2,3)4/h8,10-11H,6-7,9H2,1-5H3. The van der Waals surface area contributed by atoms with Crippen LogP contribution in [0, 0.1) is 0 Å². The predicted octanol–water partition coefficient (Wildman–Crippen LogP) is 4.76. The van der Waals surface area contributed by atoms with E-state index in [-0.39, 0.29) is 39.4 Å². The van der Waals surface area contributed by atoms with Crippen molar-refractivity contribution in [1.29, 1.82) is 0 Å². The lowest BCUT2D eigenvalue weighted by Crippen LogP contribution is -2.62. The minimum absolute atomic E-state index is 0.0738. The molecule has 0 spiro atoms. The molecule has 0 bridgehead atoms. The van der Waals surface area contributed by atoms with Crippen LogP contribution in [0.5, 0.6) is 5.88 Å². The molecule has 0 radical (unpaired) electrons. The highest BCUT2D eigenvalue weighted by Gasteiger charge is 2.46. The summed E-state index contributed by atoms with van der Waals surface area (Å²) in [4.78, 5) is 29.3. The second-order valence-corrected chi connectivity index (χ2v) is 8.55. The lowest BCUT2D eigenvalue weighted by atomic mass is 9.82. The number of halogens is 2. The van der Waals surface area contributed by atoms with E-state index >= 15 is 0 Å². The molecule has 144 valence electrons. The molecular weight excluding hydrogens is 379 g/mol. The number of amides is 1. The summed E-state index contributed by atoms with van der Waals surface area (Å²) >= 11 is 11.8. The van der Waals surface area contributed by atoms with Crippen molar-refractivity contribution >= 4 is 35.6 Å². The van der Waals surface area contributed by atoms with Crippen molar-refractivity contribution in [3.05, 3.63) is 21.8 Å². The molecule has 26 heavy (non-hydrogen) atoms. The number of aromatic nitrogens is 1. The third-order valence-electron chi connectivity index (χ3n) is 4.23. The van der Waals surface area contributed by atoms with Gasteiger partial charge in [-0.05, 0) is 47.1 Å². The smallest absolute Gasteiger partial charge is 0.410 e. The van der Waals surface area contributed by atoms with E-state index < -0.39 is 5.60 Å². The van der Waals surface area contributed by atoms with Gasteiger partial charge in [0.05, 0.1) is 16.7 Å². The Morgan fingerprint density at radius 3 is 2.62 bits per heavy atom. The van der Waals surface area contributed by atoms with Crippen LogP contribution in [0.15, 0.2) is 6.07 Å². The molecule has 6 nitrogen and oxygen atoms in total. The first-order valence-corrected chi connectivity index (χ1v) is 9.19. The largest absolute Gasteiger partial charge is 0.474 e. The topological polar surface area (TPSA) is 68.7 Å². The summed E-state index contributed by atoms with van der Waals surface area (Å²) in [5.41, 5.74) is -0.688. The molecule has 2 atom stereocenters. The van der Waals surface area contributed by atoms with Crippen LogP contribution >= 0.6 is 23.2 Å². The summed E-state index contributed by atoms with van der Waals surface area (Å²) in [7, 11) is 0. The van der Waals surface area contributed by atoms with Crippen molar-refractivity contribution in [3.63, 3.8) is 0 Å². The van der Waals surface area contributed by atoms with Crippen LogP contribution in [0.4, 0.5) is 4.79 Å². The number of nitrogens with zero attached hydrogens (tertiary/aromatic N) is 2. The van der Waals surface area contributed by atoms with E-state index in [9.17, 15) is 9.59 Å². The first kappa shape index (κ1) is 20.8. The molecule has 1 aliphatic heterocycles. The summed E-state index contributed by atoms with van der Waals surface area (Å²) in [5, 5.41) is 0.264. The van der Waals surface area contributed by atoms with Crippen LogP contribution < -0.4 is 4.74 Å². The Labute approximate surface area is 163 Å². The van der Waals surface area contributed by atoms with Crippen LogP contribution in [-0.4, -0.2) is 46.1 Å². The highest BCUT2D eigenvalue weighted by molar-refractivity contribution is 6.41. The average molecular weight is 403 g/mol. The third-order valence-corrected chi connectivity index (χ3v) is 4.91. The monoisotopic (exact) mass is 402 g/mol. The number of ether oxygens (including phenoxy) is 2. The number of rotatable bonds is 5. The molecule has 1 aliphatic rings. The van der Waals surface area contributed by atoms with Gasteiger partial charge in [0, 0.05) is 18.5 Å². The van der Waals surface area contributed by atoms with Gasteiger partial charge < -0.3 is 14.4 Å². The fraction of sp³-hybridized carbons (Fsp3) is 0.611. The highest BCUT2D eigenvalue weighted by Crippen LogP contribution is 2.37. The summed E-state index contributed by atoms with van der Waals surface area (Å²) in [6.45, 7) is 10.0. The summed E-state index contributed by atoms with van der Waals surface area (Å²) in [5.74, 6) is 0.133. The van der Waals surface area contributed by atoms with Gasteiger partial charge in [-0.2, -0.15) is 4.98 Å². The van der Waals surface area contributed by atoms with Crippen LogP contribution in [0.25, 0.3) is 0 Å². The van der Waals surface area contributed by atoms with Gasteiger partial charge in [-0.1, -0.05) is 23.2 Å². The number of hydrogen-bond donors (Lipinski definition) is 0. The Morgan fingerprint density at radius 1 is 1.46 bits per heavy atom. The van der Waals surface area contributed by atoms with E-state index in [2.05, 4.69) is 4.98 Å². The van der Waals surface area contributed by atoms with Crippen molar-refractivity contribution in [1.82, 2.24) is 9.88 Å². The fourth-order valence-corrected chi connectivity index (χ4v) is 3.23. The molecule has 1 fully saturated rings. The Morgan fingerprint density at radius 2 is 2.12 bits per heavy atom. The van der Waals surface area contributed by atoms with E-state index in [1.807, 2.05) is 34.6 Å². The van der Waals surface area contributed by atoms with Crippen molar-refractivity contribution in [2.24, 2.45) is 0 Å². The molecule has 1 amide bonds. The van der Waals surface area contributed by atoms with Gasteiger partial charge in [0.15, 0.2) is 11.4 Å². The maximum absolute atomic E-state index is 12.4. The maximum Gasteiger partial charge on any atom is 0.410 e. The molecule has 8 heteroatoms. The normalized spacial score (nSPS) is 21.0. The lowest BCUT2D eigenvalue weighted by molar-refractivity contribution is -0.0507. The van der Waals surface area contributed by atoms with Crippen molar-refractivity contribution in [3.8, 4) is 5.88 Å². The van der Waals surface area contributed by atoms with Crippen LogP contribution in [0.2, 0.25) is 10.2 Å². The SMILES string of the molecule is CC(CC1(C)CCN1C(=O)OC(C)(C)C)Oc1nc(Cl)c(Cl)cc1C=O. The minimum atomic E-state index is -0.543. The van der Waals surface area contributed by atoms with Gasteiger partial charge in [0.2, 0.25) is 5.88 Å². The third kappa shape index (κ3) is 4.80. The first-order chi connectivity index (χ1) is 11.9. The second kappa shape index (κ2) is 7.61. The molecule has 2 heterocycles. The maximum atomic E-state index is 12.4. The van der Waals surface area contributed by atoms with E-state index in [1.165, 1.54) is 6.07 Å². The van der Waals surface area contributed by atoms with Gasteiger partial charge in [0.1, 0.15) is 5.60 Å². The zero-order valence-electron chi connectivity index (χ0n) is 15.6. The molecule has 1 aromatic heterocycles. The van der Waals surface area contributed by atoms with Gasteiger partial charge in [-0.15, -0.1) is 0 Å². The Balaban J connectivity index is 2.05. The van der Waals surface area contributed by atoms with E-state index in [0.717, 1.165) is 6.42 Å². The summed E-state index contributed by atoms with van der Waals surface area (Å²) in [6, 6.07) is 1.42. The highest BCUT2D eigenvalue weighted by atomic mass is 35.5. The zero-order valence-corrected chi connectivity index (χ0v) is 17.1. The van der Waals surface area contributed by atoms with Crippen molar-refractivity contribution in [2.75, 3.05) is 6.54 Å². The Bertz CT molecular complexity index is 705. The number of hydrogen-bond acceptors (Lipinski definition) is 5. The molecule has 1 saturated heterocycles. The quantitative estimate of drug-likeness (QED) is 0.524. The number of carbonyl (C=O) groups is 2. The molecule has 0 N–H and O–H groups in total. The number of aldehydes is 1. The Hall–Kier alpha value is -1.53. The van der Waals surface area contributed by atoms with Gasteiger partial charge in [-0.3, -0.25) is 4.79 Å². The van der Waals surface area contributed by atoms with Crippen LogP contribution in [0.1, 0.15) is 57.8 Å². The van der Waals surface area contributed by atoms with E-state index in [1.54, 1.807) is 4.90 Å². The predicted molar refractivity (Wildman–Crippen MR) is 100 cm³/mol. The first-order valence-electron chi connectivity index (χ1n) is 8.44. The van der Waals surface area contributed by atoms with E-state index in [0.29, 0.717) is 19.3 Å². The van der Waals surface area contributed by atoms with Crippen molar-refractivity contribution in [2.45, 2.75) is 64.7 Å². The molecular formula is C18H24Cl2N2O4. The molecule has 0 aromatic carbocycles. The fourth-order valence-electron chi connectivity index (χ4n) is 2.94. The van der Waals surface area contributed by atoms with E-state index in [4.69, 9.17) is 32.7 Å². The molecule has 2 rings (SSSR count). The van der Waals surface area contributed by atoms with Gasteiger partial charge in [-0.25, -0.2) is 4.79 Å². The number of likely N-dealkylation sites (tertiary alicyclic amines) is 1. The molecule has 2 unspecified atom stereocenters. The molecule has 1 aromatic rings. The van der Waals surface area contributed by atoms with Crippen LogP contribution in [0.3, 0.4) is 0 Å². The zero-order chi connectivity index (χ0) is 19.7. The summed E-state index contributed by atoms with van der Waals surface area (Å²) in [6.07, 6.45) is 1.39. The second-order valence-electron chi connectivity index (χ2n) is 7.78. The number of carbonyl (C=O) groups excluding carboxylic acids is 2. The van der Waals surface area contributed by atoms with Gasteiger partial charge >= 0.3 is 6.09 Å². The molecule has 0 aliphatic carbocycles. The van der Waals surface area contributed by atoms with Gasteiger partial charge in [0.25, 0.3) is 0 Å².